The van der Waals surface area contributed by atoms with Gasteiger partial charge in [0.05, 0.1) is 5.39 Å². The number of carbonyl (C=O) groups excluding carboxylic acids is 2. The van der Waals surface area contributed by atoms with E-state index in [9.17, 15) is 24.6 Å². The number of rotatable bonds is 17. The average Bonchev–Trinajstić information content (AvgIpc) is 2.90. The summed E-state index contributed by atoms with van der Waals surface area (Å²) < 4.78 is 11.6. The number of aromatic carboxylic acids is 1. The minimum absolute atomic E-state index is 0. The van der Waals surface area contributed by atoms with Gasteiger partial charge in [0.2, 0.25) is 0 Å². The second kappa shape index (κ2) is 19.5. The fourth-order valence-corrected chi connectivity index (χ4v) is 4.55. The van der Waals surface area contributed by atoms with Crippen molar-refractivity contribution in [3.63, 3.8) is 0 Å². The first-order valence-corrected chi connectivity index (χ1v) is 13.6. The molecule has 0 fully saturated rings. The minimum Gasteiger partial charge on any atom is -0.550 e. The van der Waals surface area contributed by atoms with Crippen molar-refractivity contribution in [2.75, 3.05) is 0 Å². The summed E-state index contributed by atoms with van der Waals surface area (Å²) in [6.45, 7) is 2.22. The first kappa shape index (κ1) is 36.4. The Labute approximate surface area is 280 Å². The fourth-order valence-electron chi connectivity index (χ4n) is 4.55. The number of aryl methyl sites for hydroxylation is 1. The number of hydrogen-bond donors (Lipinski definition) is 0. The molecular formula is C31H36Na2O7. The first-order chi connectivity index (χ1) is 18.4. The Morgan fingerprint density at radius 2 is 1.52 bits per heavy atom. The zero-order chi connectivity index (χ0) is 27.3. The second-order valence-corrected chi connectivity index (χ2v) is 9.76. The molecule has 0 radical (unpaired) electrons. The van der Waals surface area contributed by atoms with E-state index in [4.69, 9.17) is 9.15 Å². The van der Waals surface area contributed by atoms with Gasteiger partial charge in [-0.15, -0.1) is 0 Å². The summed E-state index contributed by atoms with van der Waals surface area (Å²) in [7, 11) is 0. The number of ether oxygens (including phenoxy) is 1. The molecular weight excluding hydrogens is 530 g/mol. The number of carboxylic acid groups (broad SMARTS) is 2. The second-order valence-electron chi connectivity index (χ2n) is 9.76. The van der Waals surface area contributed by atoms with Crippen molar-refractivity contribution in [2.45, 2.75) is 90.1 Å². The van der Waals surface area contributed by atoms with Gasteiger partial charge in [-0.25, -0.2) is 0 Å². The number of hydrogen-bond acceptors (Lipinski definition) is 7. The SMILES string of the molecule is CCCCCCCCCc1ccc(C(CCCCC(=O)[O-])Oc2ccc3c(=O)cc(C(=O)[O-])oc3c2)cc1.[Na+].[Na+]. The molecule has 3 aromatic rings. The Kier molecular flexibility index (Phi) is 17.8. The molecule has 0 aliphatic carbocycles. The van der Waals surface area contributed by atoms with Crippen molar-refractivity contribution in [1.82, 2.24) is 0 Å². The normalized spacial score (nSPS) is 11.3. The number of fused-ring (bicyclic) bond motifs is 1. The molecule has 0 N–H and O–H groups in total. The topological polar surface area (TPSA) is 120 Å². The van der Waals surface area contributed by atoms with Gasteiger partial charge in [-0.05, 0) is 61.8 Å². The van der Waals surface area contributed by atoms with Crippen LogP contribution in [0.4, 0.5) is 0 Å². The van der Waals surface area contributed by atoms with Crippen molar-refractivity contribution in [3.8, 4) is 5.75 Å². The predicted molar refractivity (Wildman–Crippen MR) is 142 cm³/mol. The van der Waals surface area contributed by atoms with Gasteiger partial charge < -0.3 is 29.0 Å². The van der Waals surface area contributed by atoms with Gasteiger partial charge >= 0.3 is 59.1 Å². The van der Waals surface area contributed by atoms with Crippen molar-refractivity contribution in [1.29, 1.82) is 0 Å². The Morgan fingerprint density at radius 3 is 2.17 bits per heavy atom. The van der Waals surface area contributed by atoms with Crippen LogP contribution in [0.2, 0.25) is 0 Å². The van der Waals surface area contributed by atoms with Crippen molar-refractivity contribution in [3.05, 3.63) is 75.6 Å². The van der Waals surface area contributed by atoms with Gasteiger partial charge in [-0.1, -0.05) is 69.7 Å². The number of carbonyl (C=O) groups is 2. The van der Waals surface area contributed by atoms with Gasteiger partial charge in [0.1, 0.15) is 23.4 Å². The molecule has 0 saturated heterocycles. The third kappa shape index (κ3) is 12.1. The van der Waals surface area contributed by atoms with Crippen molar-refractivity contribution < 1.29 is 88.1 Å². The largest absolute Gasteiger partial charge is 1.00 e. The van der Waals surface area contributed by atoms with E-state index in [0.717, 1.165) is 24.5 Å². The quantitative estimate of drug-likeness (QED) is 0.150. The first-order valence-electron chi connectivity index (χ1n) is 13.6. The molecule has 40 heavy (non-hydrogen) atoms. The Hall–Kier alpha value is -1.61. The van der Waals surface area contributed by atoms with Gasteiger partial charge in [-0.2, -0.15) is 0 Å². The van der Waals surface area contributed by atoms with Crippen LogP contribution in [0.25, 0.3) is 11.0 Å². The Morgan fingerprint density at radius 1 is 0.850 bits per heavy atom. The molecule has 1 aromatic heterocycles. The average molecular weight is 567 g/mol. The summed E-state index contributed by atoms with van der Waals surface area (Å²) in [4.78, 5) is 34.2. The van der Waals surface area contributed by atoms with E-state index in [0.29, 0.717) is 25.0 Å². The standard InChI is InChI=1S/C31H38O7.2Na/c1-2-3-4-5-6-7-8-11-22-14-16-23(17-15-22)27(12-9-10-13-30(33)34)37-24-18-19-25-26(32)21-29(31(35)36)38-28(25)20-24;;/h14-21,27H,2-13H2,1H3,(H,33,34)(H,35,36);;/q;2*+1/p-2. The molecule has 0 bridgehead atoms. The third-order valence-corrected chi connectivity index (χ3v) is 6.70. The Bertz CT molecular complexity index is 1250. The molecule has 204 valence electrons. The molecule has 0 aliphatic heterocycles. The fraction of sp³-hybridized carbons (Fsp3) is 0.452. The van der Waals surface area contributed by atoms with E-state index in [1.54, 1.807) is 6.07 Å². The van der Waals surface area contributed by atoms with E-state index in [1.165, 1.54) is 56.2 Å². The maximum absolute atomic E-state index is 12.2. The minimum atomic E-state index is -1.57. The molecule has 0 spiro atoms. The summed E-state index contributed by atoms with van der Waals surface area (Å²) in [6, 6.07) is 13.9. The van der Waals surface area contributed by atoms with Crippen LogP contribution < -0.4 is 79.5 Å². The molecule has 1 unspecified atom stereocenters. The third-order valence-electron chi connectivity index (χ3n) is 6.70. The van der Waals surface area contributed by atoms with E-state index in [-0.39, 0.29) is 82.6 Å². The molecule has 9 heteroatoms. The van der Waals surface area contributed by atoms with Crippen LogP contribution in [0.1, 0.15) is 105 Å². The van der Waals surface area contributed by atoms with Gasteiger partial charge in [0, 0.05) is 18.1 Å². The van der Waals surface area contributed by atoms with E-state index < -0.39 is 23.1 Å². The molecule has 7 nitrogen and oxygen atoms in total. The Balaban J connectivity index is 0.00000400. The summed E-state index contributed by atoms with van der Waals surface area (Å²) in [5.41, 5.74) is 1.83. The molecule has 3 rings (SSSR count). The van der Waals surface area contributed by atoms with E-state index >= 15 is 0 Å². The number of aliphatic carboxylic acids is 1. The van der Waals surface area contributed by atoms with Crippen molar-refractivity contribution in [2.24, 2.45) is 0 Å². The number of carboxylic acids is 2. The molecule has 1 heterocycles. The number of benzene rings is 2. The van der Waals surface area contributed by atoms with Crippen LogP contribution in [0.3, 0.4) is 0 Å². The van der Waals surface area contributed by atoms with E-state index in [1.807, 2.05) is 12.1 Å². The van der Waals surface area contributed by atoms with Crippen LogP contribution in [-0.2, 0) is 11.2 Å². The maximum Gasteiger partial charge on any atom is 1.00 e. The molecule has 1 atom stereocenters. The predicted octanol–water partition coefficient (Wildman–Crippen LogP) is -1.11. The molecule has 0 aliphatic rings. The monoisotopic (exact) mass is 566 g/mol. The number of unbranched alkanes of at least 4 members (excludes halogenated alkanes) is 7. The smallest absolute Gasteiger partial charge is 0.550 e. The van der Waals surface area contributed by atoms with Crippen LogP contribution >= 0.6 is 0 Å². The zero-order valence-electron chi connectivity index (χ0n) is 24.0. The zero-order valence-corrected chi connectivity index (χ0v) is 28.0. The molecule has 0 saturated carbocycles. The summed E-state index contributed by atoms with van der Waals surface area (Å²) in [6.07, 6.45) is 11.2. The maximum atomic E-state index is 12.2. The van der Waals surface area contributed by atoms with Crippen LogP contribution in [-0.4, -0.2) is 11.9 Å². The summed E-state index contributed by atoms with van der Waals surface area (Å²) in [5.74, 6) is -2.79. The van der Waals surface area contributed by atoms with Crippen LogP contribution in [0.5, 0.6) is 5.75 Å². The summed E-state index contributed by atoms with van der Waals surface area (Å²) >= 11 is 0. The molecule has 2 aromatic carbocycles. The summed E-state index contributed by atoms with van der Waals surface area (Å²) in [5, 5.41) is 22.2. The van der Waals surface area contributed by atoms with Gasteiger partial charge in [0.25, 0.3) is 0 Å². The van der Waals surface area contributed by atoms with Gasteiger partial charge in [0.15, 0.2) is 11.2 Å². The van der Waals surface area contributed by atoms with Crippen LogP contribution in [0, 0.1) is 0 Å². The van der Waals surface area contributed by atoms with Crippen LogP contribution in [0.15, 0.2) is 57.7 Å². The van der Waals surface area contributed by atoms with Crippen molar-refractivity contribution >= 4 is 22.9 Å². The van der Waals surface area contributed by atoms with E-state index in [2.05, 4.69) is 19.1 Å². The van der Waals surface area contributed by atoms with Gasteiger partial charge in [-0.3, -0.25) is 4.79 Å². The molecule has 0 amide bonds.